The molecule has 7 heteroatoms. The van der Waals surface area contributed by atoms with Gasteiger partial charge in [-0.05, 0) is 56.3 Å². The summed E-state index contributed by atoms with van der Waals surface area (Å²) in [5.41, 5.74) is 9.40. The maximum absolute atomic E-state index is 12.8. The van der Waals surface area contributed by atoms with Gasteiger partial charge < -0.3 is 20.4 Å². The van der Waals surface area contributed by atoms with Crippen LogP contribution in [0, 0.1) is 5.92 Å². The van der Waals surface area contributed by atoms with Crippen molar-refractivity contribution >= 4 is 36.4 Å². The van der Waals surface area contributed by atoms with Crippen molar-refractivity contribution in [2.45, 2.75) is 51.2 Å². The molecule has 5 nitrogen and oxygen atoms in total. The van der Waals surface area contributed by atoms with Crippen LogP contribution in [-0.4, -0.2) is 24.5 Å². The molecule has 154 valence electrons. The van der Waals surface area contributed by atoms with Crippen LogP contribution >= 0.6 is 24.8 Å². The molecular formula is C21H29Cl2N3O2. The lowest BCUT2D eigenvalue weighted by Gasteiger charge is -2.25. The quantitative estimate of drug-likeness (QED) is 0.760. The lowest BCUT2D eigenvalue weighted by molar-refractivity contribution is 0.0899. The predicted octanol–water partition coefficient (Wildman–Crippen LogP) is 3.93. The van der Waals surface area contributed by atoms with Crippen molar-refractivity contribution in [1.29, 1.82) is 0 Å². The van der Waals surface area contributed by atoms with E-state index in [9.17, 15) is 4.79 Å². The van der Waals surface area contributed by atoms with Gasteiger partial charge in [0.15, 0.2) is 5.76 Å². The van der Waals surface area contributed by atoms with Crippen LogP contribution in [0.25, 0.3) is 0 Å². The van der Waals surface area contributed by atoms with E-state index in [0.717, 1.165) is 31.2 Å². The average Bonchev–Trinajstić information content (AvgIpc) is 3.35. The second-order valence-electron chi connectivity index (χ2n) is 7.59. The van der Waals surface area contributed by atoms with E-state index >= 15 is 0 Å². The molecule has 1 amide bonds. The van der Waals surface area contributed by atoms with Gasteiger partial charge in [-0.2, -0.15) is 0 Å². The molecule has 0 bridgehead atoms. The Balaban J connectivity index is 0.00000140. The monoisotopic (exact) mass is 425 g/mol. The molecule has 2 aromatic rings. The number of anilines is 1. The van der Waals surface area contributed by atoms with E-state index in [-0.39, 0.29) is 36.8 Å². The lowest BCUT2D eigenvalue weighted by Crippen LogP contribution is -2.40. The van der Waals surface area contributed by atoms with Crippen molar-refractivity contribution in [3.05, 3.63) is 53.5 Å². The smallest absolute Gasteiger partial charge is 0.287 e. The number of fused-ring (bicyclic) bond motifs is 1. The minimum atomic E-state index is -0.115. The van der Waals surface area contributed by atoms with E-state index in [1.165, 1.54) is 11.3 Å². The van der Waals surface area contributed by atoms with E-state index in [0.29, 0.717) is 30.8 Å². The molecule has 0 spiro atoms. The van der Waals surface area contributed by atoms with Crippen molar-refractivity contribution in [3.63, 3.8) is 0 Å². The van der Waals surface area contributed by atoms with Gasteiger partial charge in [-0.15, -0.1) is 24.8 Å². The maximum Gasteiger partial charge on any atom is 0.287 e. The Labute approximate surface area is 178 Å². The largest absolute Gasteiger partial charge is 0.459 e. The number of rotatable bonds is 5. The van der Waals surface area contributed by atoms with E-state index in [4.69, 9.17) is 10.2 Å². The molecule has 4 rings (SSSR count). The number of furan rings is 1. The molecular weight excluding hydrogens is 397 g/mol. The van der Waals surface area contributed by atoms with Crippen LogP contribution in [0.3, 0.4) is 0 Å². The number of halogens is 2. The van der Waals surface area contributed by atoms with E-state index in [2.05, 4.69) is 41.4 Å². The summed E-state index contributed by atoms with van der Waals surface area (Å²) < 4.78 is 5.57. The zero-order valence-electron chi connectivity index (χ0n) is 16.1. The zero-order valence-corrected chi connectivity index (χ0v) is 17.7. The van der Waals surface area contributed by atoms with Crippen molar-refractivity contribution in [1.82, 2.24) is 5.32 Å². The second-order valence-corrected chi connectivity index (χ2v) is 7.59. The van der Waals surface area contributed by atoms with Crippen LogP contribution < -0.4 is 16.0 Å². The van der Waals surface area contributed by atoms with Crippen molar-refractivity contribution < 1.29 is 9.21 Å². The molecule has 1 aliphatic heterocycles. The maximum atomic E-state index is 12.8. The molecule has 0 saturated heterocycles. The Morgan fingerprint density at radius 2 is 2.04 bits per heavy atom. The van der Waals surface area contributed by atoms with Crippen LogP contribution in [-0.2, 0) is 13.0 Å². The van der Waals surface area contributed by atoms with Crippen LogP contribution in [0.1, 0.15) is 47.9 Å². The first-order valence-electron chi connectivity index (χ1n) is 9.59. The van der Waals surface area contributed by atoms with E-state index < -0.39 is 0 Å². The summed E-state index contributed by atoms with van der Waals surface area (Å²) in [6.45, 7) is 3.53. The second kappa shape index (κ2) is 9.68. The molecule has 2 heterocycles. The third-order valence-corrected chi connectivity index (χ3v) is 5.92. The highest BCUT2D eigenvalue weighted by molar-refractivity contribution is 5.93. The van der Waals surface area contributed by atoms with Gasteiger partial charge in [0.25, 0.3) is 5.91 Å². The van der Waals surface area contributed by atoms with Crippen LogP contribution in [0.2, 0.25) is 0 Å². The summed E-state index contributed by atoms with van der Waals surface area (Å²) in [6.07, 6.45) is 5.87. The SMILES string of the molecule is CC1Cc2ccccc2N1Cc1ccoc1C(=O)NC1CCCC1CN.Cl.Cl. The fourth-order valence-electron chi connectivity index (χ4n) is 4.46. The first-order chi connectivity index (χ1) is 12.7. The van der Waals surface area contributed by atoms with Gasteiger partial charge in [-0.3, -0.25) is 4.79 Å². The number of benzene rings is 1. The molecule has 28 heavy (non-hydrogen) atoms. The number of para-hydroxylation sites is 1. The van der Waals surface area contributed by atoms with Crippen molar-refractivity contribution in [2.75, 3.05) is 11.4 Å². The molecule has 1 fully saturated rings. The van der Waals surface area contributed by atoms with Gasteiger partial charge in [0, 0.05) is 29.9 Å². The van der Waals surface area contributed by atoms with Gasteiger partial charge in [0.1, 0.15) is 0 Å². The zero-order chi connectivity index (χ0) is 18.1. The Bertz CT molecular complexity index is 795. The number of hydrogen-bond acceptors (Lipinski definition) is 4. The number of nitrogens with one attached hydrogen (secondary N) is 1. The molecule has 1 aromatic carbocycles. The minimum absolute atomic E-state index is 0. The summed E-state index contributed by atoms with van der Waals surface area (Å²) in [6, 6.07) is 11.0. The van der Waals surface area contributed by atoms with E-state index in [1.54, 1.807) is 6.26 Å². The molecule has 1 saturated carbocycles. The van der Waals surface area contributed by atoms with Crippen LogP contribution in [0.5, 0.6) is 0 Å². The number of hydrogen-bond donors (Lipinski definition) is 2. The summed E-state index contributed by atoms with van der Waals surface area (Å²) in [5, 5.41) is 3.15. The van der Waals surface area contributed by atoms with Gasteiger partial charge >= 0.3 is 0 Å². The standard InChI is InChI=1S/C21H27N3O2.2ClH/c1-14-11-15-5-2-3-8-19(15)24(14)13-17-9-10-26-20(17)21(25)23-18-7-4-6-16(18)12-22;;/h2-3,5,8-10,14,16,18H,4,6-7,11-13,22H2,1H3,(H,23,25);2*1H. The Kier molecular flexibility index (Phi) is 7.81. The first-order valence-corrected chi connectivity index (χ1v) is 9.59. The highest BCUT2D eigenvalue weighted by Crippen LogP contribution is 2.33. The third-order valence-electron chi connectivity index (χ3n) is 5.92. The Hall–Kier alpha value is -1.69. The van der Waals surface area contributed by atoms with Crippen molar-refractivity contribution in [2.24, 2.45) is 11.7 Å². The lowest BCUT2D eigenvalue weighted by atomic mass is 10.0. The number of nitrogens with two attached hydrogens (primary N) is 1. The Morgan fingerprint density at radius 1 is 1.25 bits per heavy atom. The number of nitrogens with zero attached hydrogens (tertiary/aromatic N) is 1. The summed E-state index contributed by atoms with van der Waals surface area (Å²) in [7, 11) is 0. The normalized spacial score (nSPS) is 22.9. The van der Waals surface area contributed by atoms with Gasteiger partial charge in [-0.25, -0.2) is 0 Å². The van der Waals surface area contributed by atoms with Gasteiger partial charge in [0.05, 0.1) is 6.26 Å². The summed E-state index contributed by atoms with van der Waals surface area (Å²) in [4.78, 5) is 15.1. The van der Waals surface area contributed by atoms with Gasteiger partial charge in [-0.1, -0.05) is 24.6 Å². The first kappa shape index (κ1) is 22.6. The van der Waals surface area contributed by atoms with Gasteiger partial charge in [0.2, 0.25) is 0 Å². The third kappa shape index (κ3) is 4.32. The molecule has 2 aliphatic rings. The molecule has 3 atom stereocenters. The molecule has 3 unspecified atom stereocenters. The number of carbonyl (C=O) groups excluding carboxylic acids is 1. The molecule has 1 aliphatic carbocycles. The van der Waals surface area contributed by atoms with E-state index in [1.807, 2.05) is 6.07 Å². The Morgan fingerprint density at radius 3 is 2.82 bits per heavy atom. The topological polar surface area (TPSA) is 71.5 Å². The van der Waals surface area contributed by atoms with Crippen LogP contribution in [0.15, 0.2) is 41.0 Å². The fraction of sp³-hybridized carbons (Fsp3) is 0.476. The molecule has 0 radical (unpaired) electrons. The predicted molar refractivity (Wildman–Crippen MR) is 117 cm³/mol. The summed E-state index contributed by atoms with van der Waals surface area (Å²) in [5.74, 6) is 0.697. The number of amides is 1. The molecule has 3 N–H and O–H groups in total. The highest BCUT2D eigenvalue weighted by atomic mass is 35.5. The highest BCUT2D eigenvalue weighted by Gasteiger charge is 2.31. The molecule has 1 aromatic heterocycles. The number of carbonyl (C=O) groups is 1. The fourth-order valence-corrected chi connectivity index (χ4v) is 4.46. The van der Waals surface area contributed by atoms with Crippen LogP contribution in [0.4, 0.5) is 5.69 Å². The average molecular weight is 426 g/mol. The van der Waals surface area contributed by atoms with Crippen molar-refractivity contribution in [3.8, 4) is 0 Å². The minimum Gasteiger partial charge on any atom is -0.459 e. The summed E-state index contributed by atoms with van der Waals surface area (Å²) >= 11 is 0.